The summed E-state index contributed by atoms with van der Waals surface area (Å²) in [5.74, 6) is 1.25. The van der Waals surface area contributed by atoms with Crippen molar-refractivity contribution in [2.24, 2.45) is 0 Å². The number of amides is 2. The van der Waals surface area contributed by atoms with Gasteiger partial charge in [0.05, 0.1) is 7.11 Å². The molecule has 2 aliphatic rings. The van der Waals surface area contributed by atoms with Gasteiger partial charge in [0.2, 0.25) is 0 Å². The van der Waals surface area contributed by atoms with Crippen LogP contribution in [0.3, 0.4) is 0 Å². The van der Waals surface area contributed by atoms with E-state index in [-0.39, 0.29) is 6.03 Å². The summed E-state index contributed by atoms with van der Waals surface area (Å²) >= 11 is 0. The summed E-state index contributed by atoms with van der Waals surface area (Å²) in [6.07, 6.45) is 4.44. The highest BCUT2D eigenvalue weighted by atomic mass is 16.5. The molecule has 1 atom stereocenters. The second-order valence-corrected chi connectivity index (χ2v) is 6.69. The van der Waals surface area contributed by atoms with E-state index in [0.29, 0.717) is 12.0 Å². The Hall–Kier alpha value is -2.17. The number of aromatic nitrogens is 1. The van der Waals surface area contributed by atoms with Crippen LogP contribution in [0, 0.1) is 0 Å². The zero-order chi connectivity index (χ0) is 15.8. The molecule has 2 amide bonds. The Kier molecular flexibility index (Phi) is 3.63. The third-order valence-corrected chi connectivity index (χ3v) is 4.90. The van der Waals surface area contributed by atoms with E-state index in [9.17, 15) is 4.79 Å². The Morgan fingerprint density at radius 2 is 2.17 bits per heavy atom. The molecule has 1 aliphatic heterocycles. The van der Waals surface area contributed by atoms with Crippen LogP contribution in [0.25, 0.3) is 10.9 Å². The third kappa shape index (κ3) is 3.00. The number of nitrogens with one attached hydrogen (secondary N) is 2. The second kappa shape index (κ2) is 5.80. The first-order chi connectivity index (χ1) is 11.2. The standard InChI is InChI=1S/C18H23N3O2/c1-23-15-6-7-16-13(9-15)10-17(20-16)12-3-2-8-21(11-12)18(22)19-14-4-5-14/h6-7,9-10,12,14,20H,2-5,8,11H2,1H3,(H,19,22). The first-order valence-electron chi connectivity index (χ1n) is 8.45. The molecule has 2 heterocycles. The molecule has 5 heteroatoms. The summed E-state index contributed by atoms with van der Waals surface area (Å²) in [5.41, 5.74) is 2.34. The molecule has 1 saturated carbocycles. The van der Waals surface area contributed by atoms with Crippen LogP contribution in [0.15, 0.2) is 24.3 Å². The molecule has 0 radical (unpaired) electrons. The lowest BCUT2D eigenvalue weighted by Crippen LogP contribution is -2.45. The monoisotopic (exact) mass is 313 g/mol. The van der Waals surface area contributed by atoms with Gasteiger partial charge in [-0.3, -0.25) is 0 Å². The van der Waals surface area contributed by atoms with Gasteiger partial charge in [-0.1, -0.05) is 0 Å². The molecule has 2 N–H and O–H groups in total. The Labute approximate surface area is 136 Å². The first-order valence-corrected chi connectivity index (χ1v) is 8.45. The first kappa shape index (κ1) is 14.4. The van der Waals surface area contributed by atoms with Crippen molar-refractivity contribution in [1.29, 1.82) is 0 Å². The number of fused-ring (bicyclic) bond motifs is 1. The van der Waals surface area contributed by atoms with Crippen LogP contribution in [0.2, 0.25) is 0 Å². The minimum Gasteiger partial charge on any atom is -0.497 e. The fraction of sp³-hybridized carbons (Fsp3) is 0.500. The predicted molar refractivity (Wildman–Crippen MR) is 90.0 cm³/mol. The van der Waals surface area contributed by atoms with E-state index in [2.05, 4.69) is 28.5 Å². The summed E-state index contributed by atoms with van der Waals surface area (Å²) in [4.78, 5) is 17.8. The number of aromatic amines is 1. The van der Waals surface area contributed by atoms with Crippen molar-refractivity contribution in [3.8, 4) is 5.75 Å². The smallest absolute Gasteiger partial charge is 0.317 e. The number of ether oxygens (including phenoxy) is 1. The number of rotatable bonds is 3. The molecule has 1 aliphatic carbocycles. The largest absolute Gasteiger partial charge is 0.497 e. The number of H-pyrrole nitrogens is 1. The average Bonchev–Trinajstić information content (AvgIpc) is 3.29. The topological polar surface area (TPSA) is 57.4 Å². The second-order valence-electron chi connectivity index (χ2n) is 6.69. The number of methoxy groups -OCH3 is 1. The normalized spacial score (nSPS) is 21.4. The number of nitrogens with zero attached hydrogens (tertiary/aromatic N) is 1. The van der Waals surface area contributed by atoms with Gasteiger partial charge in [0.15, 0.2) is 0 Å². The van der Waals surface area contributed by atoms with Gasteiger partial charge >= 0.3 is 6.03 Å². The summed E-state index contributed by atoms with van der Waals surface area (Å²) in [6, 6.07) is 8.80. The molecule has 23 heavy (non-hydrogen) atoms. The van der Waals surface area contributed by atoms with E-state index in [0.717, 1.165) is 50.0 Å². The zero-order valence-electron chi connectivity index (χ0n) is 13.5. The van der Waals surface area contributed by atoms with Crippen LogP contribution in [-0.2, 0) is 0 Å². The van der Waals surface area contributed by atoms with Gasteiger partial charge in [-0.2, -0.15) is 0 Å². The van der Waals surface area contributed by atoms with Crippen LogP contribution in [0.1, 0.15) is 37.3 Å². The Morgan fingerprint density at radius 3 is 2.96 bits per heavy atom. The van der Waals surface area contributed by atoms with Crippen molar-refractivity contribution in [2.75, 3.05) is 20.2 Å². The van der Waals surface area contributed by atoms with Crippen LogP contribution in [0.5, 0.6) is 5.75 Å². The highest BCUT2D eigenvalue weighted by Gasteiger charge is 2.29. The number of hydrogen-bond donors (Lipinski definition) is 2. The average molecular weight is 313 g/mol. The summed E-state index contributed by atoms with van der Waals surface area (Å²) in [7, 11) is 1.69. The Morgan fingerprint density at radius 1 is 1.30 bits per heavy atom. The van der Waals surface area contributed by atoms with E-state index in [1.165, 1.54) is 11.1 Å². The summed E-state index contributed by atoms with van der Waals surface area (Å²) in [6.45, 7) is 1.66. The number of benzene rings is 1. The molecule has 1 saturated heterocycles. The molecule has 0 bridgehead atoms. The molecule has 2 fully saturated rings. The highest BCUT2D eigenvalue weighted by Crippen LogP contribution is 2.30. The lowest BCUT2D eigenvalue weighted by molar-refractivity contribution is 0.178. The van der Waals surface area contributed by atoms with E-state index >= 15 is 0 Å². The fourth-order valence-electron chi connectivity index (χ4n) is 3.39. The minimum atomic E-state index is 0.106. The maximum atomic E-state index is 12.3. The number of carbonyl (C=O) groups is 1. The van der Waals surface area contributed by atoms with Crippen molar-refractivity contribution in [1.82, 2.24) is 15.2 Å². The van der Waals surface area contributed by atoms with Crippen molar-refractivity contribution in [2.45, 2.75) is 37.6 Å². The molecule has 122 valence electrons. The van der Waals surface area contributed by atoms with Gasteiger partial charge in [-0.05, 0) is 49.9 Å². The van der Waals surface area contributed by atoms with E-state index < -0.39 is 0 Å². The third-order valence-electron chi connectivity index (χ3n) is 4.90. The van der Waals surface area contributed by atoms with Gasteiger partial charge in [0.25, 0.3) is 0 Å². The lowest BCUT2D eigenvalue weighted by Gasteiger charge is -2.32. The SMILES string of the molecule is COc1ccc2[nH]c(C3CCCN(C(=O)NC4CC4)C3)cc2c1. The molecular weight excluding hydrogens is 290 g/mol. The molecule has 1 aromatic carbocycles. The van der Waals surface area contributed by atoms with Crippen LogP contribution < -0.4 is 10.1 Å². The fourth-order valence-corrected chi connectivity index (χ4v) is 3.39. The maximum Gasteiger partial charge on any atom is 0.317 e. The van der Waals surface area contributed by atoms with E-state index in [1.54, 1.807) is 7.11 Å². The molecule has 4 rings (SSSR count). The molecule has 1 unspecified atom stereocenters. The van der Waals surface area contributed by atoms with Crippen LogP contribution >= 0.6 is 0 Å². The van der Waals surface area contributed by atoms with Crippen LogP contribution in [-0.4, -0.2) is 42.2 Å². The van der Waals surface area contributed by atoms with Crippen molar-refractivity contribution >= 4 is 16.9 Å². The number of hydrogen-bond acceptors (Lipinski definition) is 2. The highest BCUT2D eigenvalue weighted by molar-refractivity contribution is 5.82. The van der Waals surface area contributed by atoms with E-state index in [4.69, 9.17) is 4.74 Å². The van der Waals surface area contributed by atoms with Gasteiger partial charge < -0.3 is 19.9 Å². The summed E-state index contributed by atoms with van der Waals surface area (Å²) in [5, 5.41) is 4.26. The minimum absolute atomic E-state index is 0.106. The predicted octanol–water partition coefficient (Wildman–Crippen LogP) is 3.23. The lowest BCUT2D eigenvalue weighted by atomic mass is 9.95. The van der Waals surface area contributed by atoms with Gasteiger partial charge in [0.1, 0.15) is 5.75 Å². The van der Waals surface area contributed by atoms with Crippen molar-refractivity contribution in [3.05, 3.63) is 30.0 Å². The molecule has 5 nitrogen and oxygen atoms in total. The number of likely N-dealkylation sites (tertiary alicyclic amines) is 1. The van der Waals surface area contributed by atoms with Crippen molar-refractivity contribution < 1.29 is 9.53 Å². The van der Waals surface area contributed by atoms with Gasteiger partial charge in [0, 0.05) is 41.6 Å². The molecule has 2 aromatic rings. The summed E-state index contributed by atoms with van der Waals surface area (Å²) < 4.78 is 5.29. The number of urea groups is 1. The maximum absolute atomic E-state index is 12.3. The zero-order valence-corrected chi connectivity index (χ0v) is 13.5. The van der Waals surface area contributed by atoms with E-state index in [1.807, 2.05) is 11.0 Å². The van der Waals surface area contributed by atoms with Crippen molar-refractivity contribution in [3.63, 3.8) is 0 Å². The number of carbonyl (C=O) groups excluding carboxylic acids is 1. The number of piperidine rings is 1. The van der Waals surface area contributed by atoms with Crippen LogP contribution in [0.4, 0.5) is 4.79 Å². The molecular formula is C18H23N3O2. The Bertz CT molecular complexity index is 720. The van der Waals surface area contributed by atoms with Gasteiger partial charge in [-0.15, -0.1) is 0 Å². The Balaban J connectivity index is 1.51. The molecule has 1 aromatic heterocycles. The quantitative estimate of drug-likeness (QED) is 0.914. The molecule has 0 spiro atoms. The van der Waals surface area contributed by atoms with Gasteiger partial charge in [-0.25, -0.2) is 4.79 Å².